The molecule has 1 aromatic rings. The van der Waals surface area contributed by atoms with Gasteiger partial charge in [0.25, 0.3) is 0 Å². The maximum Gasteiger partial charge on any atom is 0.243 e. The zero-order valence-corrected chi connectivity index (χ0v) is 13.8. The molecule has 0 unspecified atom stereocenters. The predicted octanol–water partition coefficient (Wildman–Crippen LogP) is 2.22. The fourth-order valence-electron chi connectivity index (χ4n) is 2.17. The number of hydrogen-bond acceptors (Lipinski definition) is 3. The van der Waals surface area contributed by atoms with E-state index in [-0.39, 0.29) is 0 Å². The van der Waals surface area contributed by atoms with Crippen LogP contribution in [0.5, 0.6) is 0 Å². The van der Waals surface area contributed by atoms with E-state index in [9.17, 15) is 8.42 Å². The van der Waals surface area contributed by atoms with Crippen LogP contribution in [-0.2, 0) is 16.6 Å². The van der Waals surface area contributed by atoms with Gasteiger partial charge in [-0.3, -0.25) is 0 Å². The zero-order valence-electron chi connectivity index (χ0n) is 12.9. The van der Waals surface area contributed by atoms with Gasteiger partial charge in [-0.1, -0.05) is 18.2 Å². The summed E-state index contributed by atoms with van der Waals surface area (Å²) in [6.45, 7) is 10.4. The molecule has 0 heterocycles. The average molecular weight is 296 g/mol. The molecule has 0 aliphatic heterocycles. The molecular formula is C15H24N2O2S. The summed E-state index contributed by atoms with van der Waals surface area (Å²) in [6.07, 6.45) is 0. The van der Waals surface area contributed by atoms with Crippen LogP contribution in [-0.4, -0.2) is 33.4 Å². The van der Waals surface area contributed by atoms with Crippen LogP contribution in [0.4, 0.5) is 0 Å². The fourth-order valence-corrected chi connectivity index (χ4v) is 3.65. The number of nitrogens with one attached hydrogen (secondary N) is 1. The lowest BCUT2D eigenvalue weighted by atomic mass is 10.1. The van der Waals surface area contributed by atoms with Gasteiger partial charge in [0.15, 0.2) is 0 Å². The van der Waals surface area contributed by atoms with E-state index in [0.29, 0.717) is 18.0 Å². The van der Waals surface area contributed by atoms with Crippen molar-refractivity contribution in [3.05, 3.63) is 41.0 Å². The molecule has 0 radical (unpaired) electrons. The number of likely N-dealkylation sites (N-methyl/N-ethyl adjacent to an activating group) is 1. The van der Waals surface area contributed by atoms with E-state index in [1.165, 1.54) is 4.31 Å². The Kier molecular flexibility index (Phi) is 5.50. The third-order valence-electron chi connectivity index (χ3n) is 3.18. The first kappa shape index (κ1) is 16.9. The Balaban J connectivity index is 3.30. The van der Waals surface area contributed by atoms with E-state index in [0.717, 1.165) is 22.3 Å². The van der Waals surface area contributed by atoms with Crippen LogP contribution in [0.2, 0.25) is 0 Å². The smallest absolute Gasteiger partial charge is 0.243 e. The number of hydrogen-bond donors (Lipinski definition) is 1. The number of benzene rings is 1. The molecule has 1 N–H and O–H groups in total. The largest absolute Gasteiger partial charge is 0.316 e. The van der Waals surface area contributed by atoms with Crippen molar-refractivity contribution in [1.29, 1.82) is 0 Å². The van der Waals surface area contributed by atoms with Crippen molar-refractivity contribution in [3.8, 4) is 0 Å². The highest BCUT2D eigenvalue weighted by atomic mass is 32.2. The van der Waals surface area contributed by atoms with Gasteiger partial charge in [0, 0.05) is 20.1 Å². The first-order valence-corrected chi connectivity index (χ1v) is 7.99. The molecule has 0 aliphatic carbocycles. The Morgan fingerprint density at radius 3 is 2.40 bits per heavy atom. The summed E-state index contributed by atoms with van der Waals surface area (Å²) in [5.41, 5.74) is 3.69. The van der Waals surface area contributed by atoms with Gasteiger partial charge in [0.2, 0.25) is 10.0 Å². The number of aryl methyl sites for hydroxylation is 2. The van der Waals surface area contributed by atoms with E-state index in [2.05, 4.69) is 11.9 Å². The minimum Gasteiger partial charge on any atom is -0.316 e. The van der Waals surface area contributed by atoms with E-state index >= 15 is 0 Å². The fraction of sp³-hybridized carbons (Fsp3) is 0.467. The van der Waals surface area contributed by atoms with Crippen LogP contribution in [0.1, 0.15) is 23.6 Å². The normalized spacial score (nSPS) is 11.9. The summed E-state index contributed by atoms with van der Waals surface area (Å²) in [4.78, 5) is 0.372. The van der Waals surface area contributed by atoms with Gasteiger partial charge >= 0.3 is 0 Å². The second-order valence-electron chi connectivity index (χ2n) is 5.29. The third kappa shape index (κ3) is 3.69. The Morgan fingerprint density at radius 1 is 1.30 bits per heavy atom. The summed E-state index contributed by atoms with van der Waals surface area (Å²) in [5.74, 6) is 0. The molecule has 0 saturated heterocycles. The predicted molar refractivity (Wildman–Crippen MR) is 83.3 cm³/mol. The highest BCUT2D eigenvalue weighted by Crippen LogP contribution is 2.23. The molecule has 0 aliphatic rings. The van der Waals surface area contributed by atoms with Crippen LogP contribution >= 0.6 is 0 Å². The zero-order chi connectivity index (χ0) is 15.5. The average Bonchev–Trinajstić information content (AvgIpc) is 2.31. The third-order valence-corrected chi connectivity index (χ3v) is 5.13. The summed E-state index contributed by atoms with van der Waals surface area (Å²) in [5, 5.41) is 3.06. The minimum atomic E-state index is -3.48. The van der Waals surface area contributed by atoms with Crippen molar-refractivity contribution < 1.29 is 8.42 Å². The summed E-state index contributed by atoms with van der Waals surface area (Å²) in [6, 6.07) is 3.69. The topological polar surface area (TPSA) is 49.4 Å². The molecule has 1 aromatic carbocycles. The van der Waals surface area contributed by atoms with Crippen molar-refractivity contribution in [1.82, 2.24) is 9.62 Å². The summed E-state index contributed by atoms with van der Waals surface area (Å²) in [7, 11) is -0.0453. The van der Waals surface area contributed by atoms with Gasteiger partial charge in [-0.15, -0.1) is 0 Å². The molecule has 0 fully saturated rings. The molecule has 20 heavy (non-hydrogen) atoms. The Labute approximate surface area is 122 Å². The lowest BCUT2D eigenvalue weighted by Crippen LogP contribution is -2.29. The molecular weight excluding hydrogens is 272 g/mol. The molecule has 5 heteroatoms. The lowest BCUT2D eigenvalue weighted by molar-refractivity contribution is 0.492. The molecule has 112 valence electrons. The van der Waals surface area contributed by atoms with Gasteiger partial charge < -0.3 is 5.32 Å². The Bertz CT molecular complexity index is 607. The van der Waals surface area contributed by atoms with Crippen LogP contribution in [0, 0.1) is 13.8 Å². The van der Waals surface area contributed by atoms with Gasteiger partial charge in [0.1, 0.15) is 0 Å². The van der Waals surface area contributed by atoms with Crippen LogP contribution in [0.3, 0.4) is 0 Å². The van der Waals surface area contributed by atoms with E-state index in [1.807, 2.05) is 33.9 Å². The first-order chi connectivity index (χ1) is 9.20. The van der Waals surface area contributed by atoms with Gasteiger partial charge in [-0.25, -0.2) is 8.42 Å². The quantitative estimate of drug-likeness (QED) is 0.819. The van der Waals surface area contributed by atoms with Crippen molar-refractivity contribution in [2.75, 3.05) is 20.6 Å². The monoisotopic (exact) mass is 296 g/mol. The van der Waals surface area contributed by atoms with Gasteiger partial charge in [0.05, 0.1) is 4.90 Å². The van der Waals surface area contributed by atoms with E-state index in [1.54, 1.807) is 13.1 Å². The van der Waals surface area contributed by atoms with Crippen LogP contribution in [0.15, 0.2) is 29.2 Å². The molecule has 4 nitrogen and oxygen atoms in total. The summed E-state index contributed by atoms with van der Waals surface area (Å²) >= 11 is 0. The molecule has 0 aromatic heterocycles. The molecule has 0 amide bonds. The van der Waals surface area contributed by atoms with Gasteiger partial charge in [-0.05, 0) is 50.6 Å². The van der Waals surface area contributed by atoms with Crippen molar-refractivity contribution in [2.24, 2.45) is 0 Å². The van der Waals surface area contributed by atoms with Gasteiger partial charge in [-0.2, -0.15) is 4.31 Å². The molecule has 0 atom stereocenters. The molecule has 0 spiro atoms. The SMILES string of the molecule is C=C(C)CN(C)S(=O)(=O)c1cc(CNC)c(C)cc1C. The second kappa shape index (κ2) is 6.52. The summed E-state index contributed by atoms with van der Waals surface area (Å²) < 4.78 is 26.6. The van der Waals surface area contributed by atoms with E-state index in [4.69, 9.17) is 0 Å². The van der Waals surface area contributed by atoms with Crippen molar-refractivity contribution in [3.63, 3.8) is 0 Å². The van der Waals surface area contributed by atoms with E-state index < -0.39 is 10.0 Å². The maximum atomic E-state index is 12.6. The Morgan fingerprint density at radius 2 is 1.90 bits per heavy atom. The van der Waals surface area contributed by atoms with Crippen molar-refractivity contribution >= 4 is 10.0 Å². The molecule has 1 rings (SSSR count). The minimum absolute atomic E-state index is 0.330. The number of nitrogens with zero attached hydrogens (tertiary/aromatic N) is 1. The number of rotatable bonds is 6. The highest BCUT2D eigenvalue weighted by molar-refractivity contribution is 7.89. The highest BCUT2D eigenvalue weighted by Gasteiger charge is 2.23. The lowest BCUT2D eigenvalue weighted by Gasteiger charge is -2.20. The standard InChI is InChI=1S/C15H24N2O2S/c1-11(2)10-17(6)20(18,19)15-8-14(9-16-5)12(3)7-13(15)4/h7-8,16H,1,9-10H2,2-6H3. The maximum absolute atomic E-state index is 12.6. The number of sulfonamides is 1. The first-order valence-electron chi connectivity index (χ1n) is 6.55. The Hall–Kier alpha value is -1.17. The van der Waals surface area contributed by atoms with Crippen LogP contribution < -0.4 is 5.32 Å². The second-order valence-corrected chi connectivity index (χ2v) is 7.31. The van der Waals surface area contributed by atoms with Crippen molar-refractivity contribution in [2.45, 2.75) is 32.2 Å². The molecule has 0 saturated carbocycles. The molecule has 0 bridgehead atoms. The van der Waals surface area contributed by atoms with Crippen LogP contribution in [0.25, 0.3) is 0 Å².